The Bertz CT molecular complexity index is 376. The fourth-order valence-electron chi connectivity index (χ4n) is 1.35. The van der Waals surface area contributed by atoms with Crippen LogP contribution in [0.2, 0.25) is 0 Å². The van der Waals surface area contributed by atoms with E-state index >= 15 is 0 Å². The Kier molecular flexibility index (Phi) is 4.39. The molecule has 86 valence electrons. The molecule has 0 bridgehead atoms. The first-order valence-corrected chi connectivity index (χ1v) is 5.13. The molecule has 0 amide bonds. The number of nitriles is 1. The Labute approximate surface area is 93.9 Å². The quantitative estimate of drug-likeness (QED) is 0.853. The van der Waals surface area contributed by atoms with Crippen LogP contribution in [0, 0.1) is 28.9 Å². The maximum atomic E-state index is 13.4. The minimum Gasteiger partial charge on any atom is -0.298 e. The van der Waals surface area contributed by atoms with Gasteiger partial charge in [-0.1, -0.05) is 19.9 Å². The van der Waals surface area contributed by atoms with E-state index in [4.69, 9.17) is 5.26 Å². The van der Waals surface area contributed by atoms with Crippen LogP contribution < -0.4 is 5.32 Å². The van der Waals surface area contributed by atoms with Crippen LogP contribution in [0.25, 0.3) is 0 Å². The Balaban J connectivity index is 2.92. The molecular weight excluding hydrogens is 210 g/mol. The highest BCUT2D eigenvalue weighted by atomic mass is 19.1. The summed E-state index contributed by atoms with van der Waals surface area (Å²) in [7, 11) is 0. The third-order valence-corrected chi connectivity index (χ3v) is 2.15. The van der Waals surface area contributed by atoms with Gasteiger partial charge in [0.25, 0.3) is 0 Å². The highest BCUT2D eigenvalue weighted by Crippen LogP contribution is 2.20. The highest BCUT2D eigenvalue weighted by Gasteiger charge is 2.19. The summed E-state index contributed by atoms with van der Waals surface area (Å²) in [6.07, 6.45) is 0. The van der Waals surface area contributed by atoms with Crippen molar-refractivity contribution in [1.82, 2.24) is 5.32 Å². The molecule has 0 aliphatic rings. The van der Waals surface area contributed by atoms with Gasteiger partial charge < -0.3 is 0 Å². The van der Waals surface area contributed by atoms with Gasteiger partial charge in [0.1, 0.15) is 17.7 Å². The van der Waals surface area contributed by atoms with Gasteiger partial charge in [-0.15, -0.1) is 0 Å². The van der Waals surface area contributed by atoms with Gasteiger partial charge in [0.15, 0.2) is 0 Å². The molecule has 1 aromatic rings. The number of nitrogens with one attached hydrogen (secondary N) is 1. The Hall–Kier alpha value is -1.47. The summed E-state index contributed by atoms with van der Waals surface area (Å²) in [6.45, 7) is 4.45. The van der Waals surface area contributed by atoms with Gasteiger partial charge in [0.05, 0.1) is 11.6 Å². The zero-order valence-corrected chi connectivity index (χ0v) is 9.30. The van der Waals surface area contributed by atoms with Crippen molar-refractivity contribution in [2.24, 2.45) is 5.92 Å². The predicted octanol–water partition coefficient (Wildman–Crippen LogP) is 2.78. The van der Waals surface area contributed by atoms with Crippen LogP contribution in [-0.2, 0) is 0 Å². The van der Waals surface area contributed by atoms with E-state index in [-0.39, 0.29) is 5.56 Å². The third kappa shape index (κ3) is 3.01. The van der Waals surface area contributed by atoms with E-state index in [9.17, 15) is 8.78 Å². The largest absolute Gasteiger partial charge is 0.298 e. The van der Waals surface area contributed by atoms with Crippen LogP contribution in [0.15, 0.2) is 18.2 Å². The molecule has 2 nitrogen and oxygen atoms in total. The summed E-state index contributed by atoms with van der Waals surface area (Å²) in [5, 5.41) is 11.7. The van der Waals surface area contributed by atoms with Gasteiger partial charge >= 0.3 is 0 Å². The van der Waals surface area contributed by atoms with E-state index in [0.717, 1.165) is 12.1 Å². The van der Waals surface area contributed by atoms with Crippen molar-refractivity contribution in [3.8, 4) is 6.07 Å². The van der Waals surface area contributed by atoms with Crippen molar-refractivity contribution in [1.29, 1.82) is 5.26 Å². The molecule has 1 atom stereocenters. The summed E-state index contributed by atoms with van der Waals surface area (Å²) in [4.78, 5) is 0. The van der Waals surface area contributed by atoms with Crippen molar-refractivity contribution in [3.63, 3.8) is 0 Å². The van der Waals surface area contributed by atoms with Gasteiger partial charge in [-0.05, 0) is 24.6 Å². The fraction of sp³-hybridized carbons (Fsp3) is 0.417. The molecule has 1 unspecified atom stereocenters. The first kappa shape index (κ1) is 12.6. The zero-order chi connectivity index (χ0) is 12.1. The van der Waals surface area contributed by atoms with Crippen LogP contribution in [0.5, 0.6) is 0 Å². The molecule has 0 radical (unpaired) electrons. The smallest absolute Gasteiger partial charge is 0.131 e. The van der Waals surface area contributed by atoms with E-state index in [1.807, 2.05) is 19.9 Å². The lowest BCUT2D eigenvalue weighted by Gasteiger charge is -2.14. The van der Waals surface area contributed by atoms with Crippen LogP contribution in [0.3, 0.4) is 0 Å². The van der Waals surface area contributed by atoms with E-state index in [1.54, 1.807) is 0 Å². The first-order chi connectivity index (χ1) is 7.56. The molecule has 0 heterocycles. The summed E-state index contributed by atoms with van der Waals surface area (Å²) >= 11 is 0. The molecule has 0 saturated carbocycles. The standard InChI is InChI=1S/C12H14F2N2/c1-8(2)7-16-11(6-15)12-9(13)4-3-5-10(12)14/h3-5,8,11,16H,7H2,1-2H3. The average Bonchev–Trinajstić information content (AvgIpc) is 2.22. The number of rotatable bonds is 4. The van der Waals surface area contributed by atoms with E-state index < -0.39 is 17.7 Å². The summed E-state index contributed by atoms with van der Waals surface area (Å²) in [6, 6.07) is 4.51. The topological polar surface area (TPSA) is 35.8 Å². The first-order valence-electron chi connectivity index (χ1n) is 5.13. The molecule has 1 rings (SSSR count). The average molecular weight is 224 g/mol. The summed E-state index contributed by atoms with van der Waals surface area (Å²) in [5.74, 6) is -1.07. The normalized spacial score (nSPS) is 12.5. The Morgan fingerprint density at radius 1 is 1.31 bits per heavy atom. The monoisotopic (exact) mass is 224 g/mol. The number of benzene rings is 1. The van der Waals surface area contributed by atoms with Gasteiger partial charge in [-0.3, -0.25) is 5.32 Å². The summed E-state index contributed by atoms with van der Waals surface area (Å²) < 4.78 is 26.8. The number of nitrogens with zero attached hydrogens (tertiary/aromatic N) is 1. The molecule has 0 aliphatic heterocycles. The maximum absolute atomic E-state index is 13.4. The van der Waals surface area contributed by atoms with E-state index in [2.05, 4.69) is 5.32 Å². The lowest BCUT2D eigenvalue weighted by Crippen LogP contribution is -2.25. The number of hydrogen-bond donors (Lipinski definition) is 1. The Morgan fingerprint density at radius 2 is 1.88 bits per heavy atom. The van der Waals surface area contributed by atoms with E-state index in [1.165, 1.54) is 6.07 Å². The lowest BCUT2D eigenvalue weighted by molar-refractivity contribution is 0.483. The van der Waals surface area contributed by atoms with Crippen molar-refractivity contribution in [2.45, 2.75) is 19.9 Å². The summed E-state index contributed by atoms with van der Waals surface area (Å²) in [5.41, 5.74) is -0.203. The van der Waals surface area contributed by atoms with Crippen LogP contribution >= 0.6 is 0 Å². The van der Waals surface area contributed by atoms with Gasteiger partial charge in [0, 0.05) is 0 Å². The SMILES string of the molecule is CC(C)CNC(C#N)c1c(F)cccc1F. The number of halogens is 2. The second-order valence-electron chi connectivity index (χ2n) is 4.00. The minimum absolute atomic E-state index is 0.203. The van der Waals surface area contributed by atoms with Gasteiger partial charge in [-0.2, -0.15) is 5.26 Å². The molecule has 1 N–H and O–H groups in total. The molecule has 0 aliphatic carbocycles. The lowest BCUT2D eigenvalue weighted by atomic mass is 10.1. The zero-order valence-electron chi connectivity index (χ0n) is 9.30. The fourth-order valence-corrected chi connectivity index (χ4v) is 1.35. The number of hydrogen-bond acceptors (Lipinski definition) is 2. The molecule has 16 heavy (non-hydrogen) atoms. The van der Waals surface area contributed by atoms with Crippen molar-refractivity contribution >= 4 is 0 Å². The van der Waals surface area contributed by atoms with Gasteiger partial charge in [0.2, 0.25) is 0 Å². The van der Waals surface area contributed by atoms with Crippen molar-refractivity contribution < 1.29 is 8.78 Å². The molecule has 0 aromatic heterocycles. The predicted molar refractivity (Wildman–Crippen MR) is 57.6 cm³/mol. The molecular formula is C12H14F2N2. The minimum atomic E-state index is -0.941. The van der Waals surface area contributed by atoms with Crippen molar-refractivity contribution in [2.75, 3.05) is 6.54 Å². The molecule has 0 fully saturated rings. The second-order valence-corrected chi connectivity index (χ2v) is 4.00. The molecule has 1 aromatic carbocycles. The van der Waals surface area contributed by atoms with Crippen LogP contribution in [0.1, 0.15) is 25.5 Å². The van der Waals surface area contributed by atoms with Crippen molar-refractivity contribution in [3.05, 3.63) is 35.4 Å². The third-order valence-electron chi connectivity index (χ3n) is 2.15. The molecule has 0 spiro atoms. The van der Waals surface area contributed by atoms with Crippen LogP contribution in [0.4, 0.5) is 8.78 Å². The maximum Gasteiger partial charge on any atom is 0.131 e. The Morgan fingerprint density at radius 3 is 2.31 bits per heavy atom. The van der Waals surface area contributed by atoms with Gasteiger partial charge in [-0.25, -0.2) is 8.78 Å². The molecule has 0 saturated heterocycles. The molecule has 4 heteroatoms. The van der Waals surface area contributed by atoms with Crippen LogP contribution in [-0.4, -0.2) is 6.54 Å². The second kappa shape index (κ2) is 5.57. The highest BCUT2D eigenvalue weighted by molar-refractivity contribution is 5.27. The van der Waals surface area contributed by atoms with E-state index in [0.29, 0.717) is 12.5 Å².